The second-order valence-electron chi connectivity index (χ2n) is 8.87. The van der Waals surface area contributed by atoms with Crippen LogP contribution in [0.25, 0.3) is 0 Å². The predicted octanol–water partition coefficient (Wildman–Crippen LogP) is 6.91. The number of halogens is 4. The SMILES string of the molecule is C1CCC2(CC1)OCCO2.FC(F)=C(F)F.O=C(/C=C\O)c1ccccc1.O=C1CCCCC1.O=C1OCCO1.O=[C-]O.[Sc]. The Balaban J connectivity index is 0. The minimum absolute atomic E-state index is 0. The number of aliphatic hydroxyl groups is 1. The molecule has 1 spiro atoms. The Labute approximate surface area is 272 Å². The summed E-state index contributed by atoms with van der Waals surface area (Å²) in [5, 5.41) is 15.1. The Morgan fingerprint density at radius 2 is 1.25 bits per heavy atom. The molecule has 245 valence electrons. The van der Waals surface area contributed by atoms with Crippen molar-refractivity contribution >= 4 is 24.2 Å². The van der Waals surface area contributed by atoms with Crippen molar-refractivity contribution in [2.24, 2.45) is 0 Å². The Morgan fingerprint density at radius 3 is 1.59 bits per heavy atom. The molecule has 0 bridgehead atoms. The topological polar surface area (TPSA) is 146 Å². The van der Waals surface area contributed by atoms with Gasteiger partial charge in [-0.3, -0.25) is 9.59 Å². The summed E-state index contributed by atoms with van der Waals surface area (Å²) in [7, 11) is 0. The fourth-order valence-corrected chi connectivity index (χ4v) is 3.88. The number of carbonyl (C=O) groups excluding carboxylic acids is 3. The van der Waals surface area contributed by atoms with Gasteiger partial charge in [-0.05, 0) is 25.7 Å². The molecular formula is C29H37F4O10Sc-. The number of carbonyl (C=O) groups is 3. The van der Waals surface area contributed by atoms with E-state index in [0.717, 1.165) is 64.1 Å². The molecule has 2 aliphatic heterocycles. The van der Waals surface area contributed by atoms with Crippen molar-refractivity contribution in [2.75, 3.05) is 26.4 Å². The summed E-state index contributed by atoms with van der Waals surface area (Å²) in [4.78, 5) is 39.5. The average Bonchev–Trinajstić information content (AvgIpc) is 3.68. The second-order valence-corrected chi connectivity index (χ2v) is 8.87. The molecule has 0 atom stereocenters. The third-order valence-electron chi connectivity index (χ3n) is 5.79. The van der Waals surface area contributed by atoms with Gasteiger partial charge in [-0.15, -0.1) is 0 Å². The number of rotatable bonds is 2. The van der Waals surface area contributed by atoms with Crippen LogP contribution >= 0.6 is 0 Å². The molecule has 2 aliphatic carbocycles. The molecule has 1 radical (unpaired) electrons. The molecule has 4 fully saturated rings. The van der Waals surface area contributed by atoms with Crippen molar-refractivity contribution in [3.63, 3.8) is 0 Å². The fraction of sp³-hybridized carbons (Fsp3) is 0.517. The van der Waals surface area contributed by atoms with E-state index in [4.69, 9.17) is 24.5 Å². The van der Waals surface area contributed by atoms with Crippen molar-refractivity contribution in [3.8, 4) is 0 Å². The molecule has 2 heterocycles. The summed E-state index contributed by atoms with van der Waals surface area (Å²) < 4.78 is 60.8. The second kappa shape index (κ2) is 27.6. The van der Waals surface area contributed by atoms with E-state index in [1.54, 1.807) is 24.3 Å². The first-order chi connectivity index (χ1) is 20.6. The van der Waals surface area contributed by atoms with Crippen LogP contribution in [0.3, 0.4) is 0 Å². The van der Waals surface area contributed by atoms with Gasteiger partial charge in [-0.2, -0.15) is 17.6 Å². The van der Waals surface area contributed by atoms with Gasteiger partial charge in [0, 0.05) is 63.2 Å². The van der Waals surface area contributed by atoms with Gasteiger partial charge in [-0.1, -0.05) is 49.6 Å². The number of allylic oxidation sites excluding steroid dienone is 1. The molecule has 1 aromatic carbocycles. The number of Topliss-reactive ketones (excluding diaryl/α,β-unsaturated/α-hetero) is 1. The molecular weight excluding hydrogens is 629 g/mol. The summed E-state index contributed by atoms with van der Waals surface area (Å²) >= 11 is 0. The van der Waals surface area contributed by atoms with Crippen molar-refractivity contribution in [1.82, 2.24) is 0 Å². The standard InChI is InChI=1S/C9H8O2.C8H14O2.C6H10O.C3H4O3.C2F4.CHO2.Sc/c10-7-6-9(11)8-4-2-1-3-5-8;1-2-4-8(5-3-1)9-6-7-10-8;7-6-4-2-1-3-5-6;4-3-5-1-2-6-3;3-1(4)2(5)6;2-1-3;/h1-7,10H;1-7H2;1-5H2;1-2H2;;(H,2,3);/q;;;;;-1;/b7-6-;;;;;;. The van der Waals surface area contributed by atoms with E-state index in [0.29, 0.717) is 31.0 Å². The largest absolute Gasteiger partial charge is 0.665 e. The first kappa shape index (κ1) is 43.2. The van der Waals surface area contributed by atoms with Crippen molar-refractivity contribution < 1.29 is 91.7 Å². The first-order valence-electron chi connectivity index (χ1n) is 13.5. The molecule has 2 saturated heterocycles. The molecule has 15 heteroatoms. The number of hydrogen-bond donors (Lipinski definition) is 2. The van der Waals surface area contributed by atoms with Gasteiger partial charge < -0.3 is 34.0 Å². The van der Waals surface area contributed by atoms with Crippen LogP contribution in [-0.2, 0) is 54.4 Å². The number of cyclic esters (lactones) is 2. The van der Waals surface area contributed by atoms with Gasteiger partial charge in [0.15, 0.2) is 11.6 Å². The molecule has 10 nitrogen and oxygen atoms in total. The number of ether oxygens (including phenoxy) is 4. The maximum atomic E-state index is 11.0. The van der Waals surface area contributed by atoms with Crippen molar-refractivity contribution in [1.29, 1.82) is 0 Å². The summed E-state index contributed by atoms with van der Waals surface area (Å²) in [6, 6.07) is 8.78. The quantitative estimate of drug-likeness (QED) is 0.0853. The number of ketones is 2. The summed E-state index contributed by atoms with van der Waals surface area (Å²) in [5.74, 6) is 0.150. The molecule has 44 heavy (non-hydrogen) atoms. The number of benzene rings is 1. The van der Waals surface area contributed by atoms with Gasteiger partial charge in [0.1, 0.15) is 19.0 Å². The zero-order valence-corrected chi connectivity index (χ0v) is 26.0. The molecule has 0 unspecified atom stereocenters. The maximum absolute atomic E-state index is 11.0. The molecule has 2 N–H and O–H groups in total. The molecule has 5 rings (SSSR count). The third kappa shape index (κ3) is 22.6. The van der Waals surface area contributed by atoms with Gasteiger partial charge in [0.05, 0.1) is 19.5 Å². The molecule has 4 aliphatic rings. The van der Waals surface area contributed by atoms with Crippen LogP contribution in [-0.4, -0.2) is 66.6 Å². The Morgan fingerprint density at radius 1 is 0.795 bits per heavy atom. The number of hydrogen-bond acceptors (Lipinski definition) is 9. The van der Waals surface area contributed by atoms with E-state index in [-0.39, 0.29) is 37.4 Å². The molecule has 2 saturated carbocycles. The van der Waals surface area contributed by atoms with E-state index in [9.17, 15) is 31.9 Å². The molecule has 0 amide bonds. The zero-order valence-electron chi connectivity index (χ0n) is 24.2. The zero-order chi connectivity index (χ0) is 32.3. The van der Waals surface area contributed by atoms with Crippen LogP contribution in [0, 0.1) is 0 Å². The van der Waals surface area contributed by atoms with Crippen LogP contribution in [0.4, 0.5) is 22.4 Å². The van der Waals surface area contributed by atoms with Gasteiger partial charge in [-0.25, -0.2) is 4.79 Å². The van der Waals surface area contributed by atoms with E-state index < -0.39 is 18.3 Å². The van der Waals surface area contributed by atoms with Crippen LogP contribution in [0.15, 0.2) is 54.8 Å². The molecule has 0 aromatic heterocycles. The normalized spacial score (nSPS) is 17.3. The van der Waals surface area contributed by atoms with E-state index in [1.807, 2.05) is 6.07 Å². The Kier molecular flexibility index (Phi) is 27.1. The summed E-state index contributed by atoms with van der Waals surface area (Å²) in [5.41, 5.74) is 0.581. The van der Waals surface area contributed by atoms with E-state index >= 15 is 0 Å². The monoisotopic (exact) mass is 666 g/mol. The predicted molar refractivity (Wildman–Crippen MR) is 145 cm³/mol. The summed E-state index contributed by atoms with van der Waals surface area (Å²) in [6.07, 6.45) is 6.89. The molecule has 1 aromatic rings. The first-order valence-corrected chi connectivity index (χ1v) is 13.5. The van der Waals surface area contributed by atoms with Crippen LogP contribution in [0.2, 0.25) is 0 Å². The average molecular weight is 667 g/mol. The van der Waals surface area contributed by atoms with Crippen molar-refractivity contribution in [2.45, 2.75) is 70.0 Å². The van der Waals surface area contributed by atoms with Gasteiger partial charge in [0.2, 0.25) is 0 Å². The van der Waals surface area contributed by atoms with Gasteiger partial charge >= 0.3 is 18.3 Å². The Hall–Kier alpha value is -2.91. The third-order valence-corrected chi connectivity index (χ3v) is 5.79. The van der Waals surface area contributed by atoms with Crippen LogP contribution in [0.5, 0.6) is 0 Å². The van der Waals surface area contributed by atoms with Gasteiger partial charge in [0.25, 0.3) is 0 Å². The number of aliphatic hydroxyl groups excluding tert-OH is 2. The maximum Gasteiger partial charge on any atom is 0.508 e. The smallest absolute Gasteiger partial charge is 0.508 e. The van der Waals surface area contributed by atoms with Crippen LogP contribution < -0.4 is 0 Å². The minimum Gasteiger partial charge on any atom is -0.665 e. The van der Waals surface area contributed by atoms with E-state index in [1.165, 1.54) is 25.7 Å². The fourth-order valence-electron chi connectivity index (χ4n) is 3.88. The van der Waals surface area contributed by atoms with E-state index in [2.05, 4.69) is 9.47 Å². The minimum atomic E-state index is -2.91. The van der Waals surface area contributed by atoms with Crippen molar-refractivity contribution in [3.05, 3.63) is 60.4 Å². The summed E-state index contributed by atoms with van der Waals surface area (Å²) in [6.45, 7) is 2.94. The van der Waals surface area contributed by atoms with Crippen LogP contribution in [0.1, 0.15) is 74.6 Å². The Bertz CT molecular complexity index is 961.